The minimum absolute atomic E-state index is 0.229. The number of carbonyl (C=O) groups is 1. The van der Waals surface area contributed by atoms with Gasteiger partial charge in [-0.1, -0.05) is 42.2 Å². The summed E-state index contributed by atoms with van der Waals surface area (Å²) in [5.74, 6) is -0.229. The molecule has 0 aliphatic carbocycles. The van der Waals surface area contributed by atoms with Gasteiger partial charge in [0.05, 0.1) is 5.38 Å². The van der Waals surface area contributed by atoms with Crippen LogP contribution in [0.1, 0.15) is 12.6 Å². The minimum atomic E-state index is -0.229. The van der Waals surface area contributed by atoms with Crippen LogP contribution in [-0.4, -0.2) is 12.6 Å². The van der Waals surface area contributed by atoms with E-state index in [4.69, 9.17) is 4.74 Å². The van der Waals surface area contributed by atoms with Crippen molar-refractivity contribution < 1.29 is 14.1 Å². The number of carbonyl (C=O) groups excluding carboxylic acids is 1. The first-order valence-corrected chi connectivity index (χ1v) is 6.63. The van der Waals surface area contributed by atoms with Crippen LogP contribution in [0.15, 0.2) is 47.3 Å². The van der Waals surface area contributed by atoms with Gasteiger partial charge in [0.15, 0.2) is 5.69 Å². The van der Waals surface area contributed by atoms with Crippen molar-refractivity contribution in [2.75, 3.05) is 6.61 Å². The molecule has 0 atom stereocenters. The molecule has 4 heteroatoms. The van der Waals surface area contributed by atoms with Crippen molar-refractivity contribution in [3.63, 3.8) is 0 Å². The second-order valence-electron chi connectivity index (χ2n) is 3.75. The van der Waals surface area contributed by atoms with Crippen LogP contribution < -0.4 is 4.57 Å². The van der Waals surface area contributed by atoms with Gasteiger partial charge in [0.1, 0.15) is 6.61 Å². The van der Waals surface area contributed by atoms with Crippen LogP contribution in [-0.2, 0) is 16.1 Å². The zero-order chi connectivity index (χ0) is 13.4. The Labute approximate surface area is 112 Å². The fourth-order valence-electron chi connectivity index (χ4n) is 1.28. The minimum Gasteiger partial charge on any atom is -0.456 e. The lowest BCUT2D eigenvalue weighted by Gasteiger charge is -2.03. The average molecular weight is 264 g/mol. The molecule has 0 N–H and O–H groups in total. The molecule has 18 heavy (non-hydrogen) atoms. The highest BCUT2D eigenvalue weighted by Crippen LogP contribution is 2.00. The Bertz CT molecular complexity index is 472. The maximum atomic E-state index is 11.6. The van der Waals surface area contributed by atoms with Gasteiger partial charge in [-0.15, -0.1) is 0 Å². The largest absolute Gasteiger partial charge is 0.456 e. The zero-order valence-electron chi connectivity index (χ0n) is 10.8. The summed E-state index contributed by atoms with van der Waals surface area (Å²) in [6.07, 6.45) is 7.30. The number of nitrogens with zero attached hydrogens (tertiary/aromatic N) is 1. The molecule has 0 aliphatic rings. The topological polar surface area (TPSA) is 30.2 Å². The van der Waals surface area contributed by atoms with Crippen LogP contribution in [0, 0.1) is 6.92 Å². The molecule has 96 valence electrons. The molecule has 0 fully saturated rings. The number of aromatic nitrogens is 1. The highest BCUT2D eigenvalue weighted by Gasteiger charge is 2.14. The monoisotopic (exact) mass is 264 g/mol. The van der Waals surface area contributed by atoms with Gasteiger partial charge < -0.3 is 4.74 Å². The van der Waals surface area contributed by atoms with Gasteiger partial charge in [0.25, 0.3) is 0 Å². The van der Waals surface area contributed by atoms with Crippen molar-refractivity contribution >= 4 is 17.3 Å². The lowest BCUT2D eigenvalue weighted by molar-refractivity contribution is -0.687. The van der Waals surface area contributed by atoms with E-state index in [1.54, 1.807) is 17.4 Å². The summed E-state index contributed by atoms with van der Waals surface area (Å²) in [5.41, 5.74) is 3.93. The molecule has 1 aromatic rings. The summed E-state index contributed by atoms with van der Waals surface area (Å²) in [7, 11) is 0. The molecule has 0 aliphatic heterocycles. The molecule has 1 rings (SSSR count). The van der Waals surface area contributed by atoms with E-state index in [9.17, 15) is 4.79 Å². The molecule has 1 aromatic heterocycles. The molecule has 0 bridgehead atoms. The van der Waals surface area contributed by atoms with Crippen molar-refractivity contribution in [1.29, 1.82) is 0 Å². The lowest BCUT2D eigenvalue weighted by atomic mass is 10.2. The third-order valence-electron chi connectivity index (χ3n) is 2.40. The van der Waals surface area contributed by atoms with E-state index in [1.807, 2.05) is 47.5 Å². The Hall–Kier alpha value is -1.68. The third kappa shape index (κ3) is 4.67. The van der Waals surface area contributed by atoms with E-state index < -0.39 is 0 Å². The van der Waals surface area contributed by atoms with E-state index in [-0.39, 0.29) is 12.5 Å². The molecule has 0 spiro atoms. The van der Waals surface area contributed by atoms with Crippen molar-refractivity contribution in [1.82, 2.24) is 0 Å². The molecule has 0 saturated heterocycles. The first-order valence-electron chi connectivity index (χ1n) is 5.69. The number of hydrogen-bond donors (Lipinski definition) is 0. The molecular weight excluding hydrogens is 246 g/mol. The second-order valence-corrected chi connectivity index (χ2v) is 4.47. The van der Waals surface area contributed by atoms with Crippen LogP contribution >= 0.6 is 11.3 Å². The van der Waals surface area contributed by atoms with Gasteiger partial charge in [-0.2, -0.15) is 4.57 Å². The first kappa shape index (κ1) is 14.4. The summed E-state index contributed by atoms with van der Waals surface area (Å²) in [4.78, 5) is 11.6. The molecule has 0 radical (unpaired) electrons. The van der Waals surface area contributed by atoms with Crippen molar-refractivity contribution in [2.45, 2.75) is 20.4 Å². The number of ether oxygens (including phenoxy) is 1. The van der Waals surface area contributed by atoms with Gasteiger partial charge in [-0.25, -0.2) is 4.79 Å². The number of esters is 1. The van der Waals surface area contributed by atoms with Crippen LogP contribution in [0.4, 0.5) is 0 Å². The second kappa shape index (κ2) is 7.61. The molecule has 1 heterocycles. The lowest BCUT2D eigenvalue weighted by Crippen LogP contribution is -2.39. The Balaban J connectivity index is 2.44. The van der Waals surface area contributed by atoms with Crippen molar-refractivity contribution in [3.8, 4) is 0 Å². The predicted molar refractivity (Wildman–Crippen MR) is 73.3 cm³/mol. The van der Waals surface area contributed by atoms with Gasteiger partial charge in [-0.3, -0.25) is 0 Å². The first-order chi connectivity index (χ1) is 8.67. The SMILES string of the molecule is C=C/C=C\C(=C/C)COC(=O)C[n+]1cscc1C. The average Bonchev–Trinajstić information content (AvgIpc) is 2.75. The Morgan fingerprint density at radius 2 is 2.39 bits per heavy atom. The van der Waals surface area contributed by atoms with Crippen molar-refractivity contribution in [2.24, 2.45) is 0 Å². The molecule has 0 unspecified atom stereocenters. The van der Waals surface area contributed by atoms with E-state index in [0.717, 1.165) is 11.3 Å². The maximum Gasteiger partial charge on any atom is 0.373 e. The van der Waals surface area contributed by atoms with Crippen molar-refractivity contribution in [3.05, 3.63) is 53.0 Å². The highest BCUT2D eigenvalue weighted by atomic mass is 32.1. The van der Waals surface area contributed by atoms with E-state index in [1.165, 1.54) is 0 Å². The van der Waals surface area contributed by atoms with Crippen LogP contribution in [0.5, 0.6) is 0 Å². The van der Waals surface area contributed by atoms with Gasteiger partial charge >= 0.3 is 5.97 Å². The normalized spacial score (nSPS) is 11.8. The fraction of sp³-hybridized carbons (Fsp3) is 0.286. The third-order valence-corrected chi connectivity index (χ3v) is 3.25. The summed E-state index contributed by atoms with van der Waals surface area (Å²) in [6.45, 7) is 8.03. The number of thiazole rings is 1. The number of aryl methyl sites for hydroxylation is 1. The zero-order valence-corrected chi connectivity index (χ0v) is 11.6. The summed E-state index contributed by atoms with van der Waals surface area (Å²) < 4.78 is 7.09. The van der Waals surface area contributed by atoms with Crippen LogP contribution in [0.25, 0.3) is 0 Å². The van der Waals surface area contributed by atoms with Gasteiger partial charge in [0, 0.05) is 6.92 Å². The maximum absolute atomic E-state index is 11.6. The van der Waals surface area contributed by atoms with Crippen LogP contribution in [0.2, 0.25) is 0 Å². The van der Waals surface area contributed by atoms with E-state index in [0.29, 0.717) is 6.61 Å². The van der Waals surface area contributed by atoms with Gasteiger partial charge in [0.2, 0.25) is 12.1 Å². The van der Waals surface area contributed by atoms with E-state index in [2.05, 4.69) is 6.58 Å². The highest BCUT2D eigenvalue weighted by molar-refractivity contribution is 7.07. The number of rotatable bonds is 6. The summed E-state index contributed by atoms with van der Waals surface area (Å²) in [5, 5.41) is 2.00. The quantitative estimate of drug-likeness (QED) is 0.449. The Morgan fingerprint density at radius 1 is 1.61 bits per heavy atom. The summed E-state index contributed by atoms with van der Waals surface area (Å²) in [6, 6.07) is 0. The molecule has 3 nitrogen and oxygen atoms in total. The molecule has 0 aromatic carbocycles. The standard InChI is InChI=1S/C14H18NO2S/c1-4-6-7-13(5-2)9-17-14(16)8-15-11-18-10-12(15)3/h4-7,10-11H,1,8-9H2,2-3H3/q+1/b7-6-,13-5+. The summed E-state index contributed by atoms with van der Waals surface area (Å²) >= 11 is 1.57. The van der Waals surface area contributed by atoms with E-state index >= 15 is 0 Å². The number of hydrogen-bond acceptors (Lipinski definition) is 3. The predicted octanol–water partition coefficient (Wildman–Crippen LogP) is 2.58. The number of allylic oxidation sites excluding steroid dienone is 3. The van der Waals surface area contributed by atoms with Gasteiger partial charge in [-0.05, 0) is 12.5 Å². The molecule has 0 saturated carbocycles. The fourth-order valence-corrected chi connectivity index (χ4v) is 2.06. The Morgan fingerprint density at radius 3 is 2.94 bits per heavy atom. The van der Waals surface area contributed by atoms with Crippen LogP contribution in [0.3, 0.4) is 0 Å². The smallest absolute Gasteiger partial charge is 0.373 e. The Kier molecular flexibility index (Phi) is 6.08. The molecule has 0 amide bonds. The molecular formula is C14H18NO2S+.